The maximum Gasteiger partial charge on any atom is 0.224 e. The van der Waals surface area contributed by atoms with E-state index in [-0.39, 0.29) is 11.8 Å². The lowest BCUT2D eigenvalue weighted by molar-refractivity contribution is -0.124. The monoisotopic (exact) mass is 276 g/mol. The molecule has 0 spiro atoms. The first kappa shape index (κ1) is 12.3. The number of piperidine rings is 1. The van der Waals surface area contributed by atoms with Gasteiger partial charge in [-0.15, -0.1) is 11.3 Å². The maximum absolute atomic E-state index is 11.8. The first-order valence-electron chi connectivity index (χ1n) is 6.44. The van der Waals surface area contributed by atoms with Crippen molar-refractivity contribution in [1.82, 2.24) is 15.3 Å². The van der Waals surface area contributed by atoms with Crippen molar-refractivity contribution in [3.63, 3.8) is 0 Å². The Kier molecular flexibility index (Phi) is 3.33. The minimum absolute atomic E-state index is 0.0590. The number of thiophene rings is 1. The number of hydrogen-bond acceptors (Lipinski definition) is 5. The lowest BCUT2D eigenvalue weighted by atomic mass is 9.97. The molecular weight excluding hydrogens is 260 g/mol. The third-order valence-corrected chi connectivity index (χ3v) is 4.46. The standard InChI is InChI=1S/C13H16N4OS/c1-14-13(18)9-3-2-5-17(7-9)12-11-10(4-6-19-11)15-8-16-12/h4,6,8-9H,2-3,5,7H2,1H3,(H,14,18)/t9-/m1/s1. The van der Waals surface area contributed by atoms with Gasteiger partial charge in [-0.05, 0) is 24.3 Å². The van der Waals surface area contributed by atoms with E-state index >= 15 is 0 Å². The number of nitrogens with zero attached hydrogens (tertiary/aromatic N) is 3. The molecule has 0 aromatic carbocycles. The molecule has 2 aromatic rings. The van der Waals surface area contributed by atoms with Crippen LogP contribution in [0.3, 0.4) is 0 Å². The molecule has 1 aliphatic heterocycles. The molecule has 3 heterocycles. The highest BCUT2D eigenvalue weighted by Gasteiger charge is 2.26. The van der Waals surface area contributed by atoms with Gasteiger partial charge in [0.2, 0.25) is 5.91 Å². The molecule has 0 saturated carbocycles. The maximum atomic E-state index is 11.8. The Labute approximate surface area is 115 Å². The minimum Gasteiger partial charge on any atom is -0.359 e. The average molecular weight is 276 g/mol. The molecule has 1 aliphatic rings. The molecule has 6 heteroatoms. The van der Waals surface area contributed by atoms with Crippen LogP contribution in [0.2, 0.25) is 0 Å². The van der Waals surface area contributed by atoms with Crippen molar-refractivity contribution in [3.8, 4) is 0 Å². The summed E-state index contributed by atoms with van der Waals surface area (Å²) in [6, 6.07) is 2.01. The molecule has 0 bridgehead atoms. The molecule has 1 fully saturated rings. The molecule has 0 radical (unpaired) electrons. The van der Waals surface area contributed by atoms with Crippen LogP contribution in [0, 0.1) is 5.92 Å². The minimum atomic E-state index is 0.0590. The van der Waals surface area contributed by atoms with Crippen molar-refractivity contribution in [2.24, 2.45) is 5.92 Å². The highest BCUT2D eigenvalue weighted by atomic mass is 32.1. The van der Waals surface area contributed by atoms with Crippen molar-refractivity contribution in [1.29, 1.82) is 0 Å². The molecule has 5 nitrogen and oxygen atoms in total. The Bertz CT molecular complexity index is 597. The quantitative estimate of drug-likeness (QED) is 0.906. The van der Waals surface area contributed by atoms with Crippen LogP contribution in [-0.2, 0) is 4.79 Å². The van der Waals surface area contributed by atoms with Gasteiger partial charge in [0.1, 0.15) is 12.1 Å². The van der Waals surface area contributed by atoms with Crippen LogP contribution in [-0.4, -0.2) is 36.0 Å². The number of nitrogens with one attached hydrogen (secondary N) is 1. The van der Waals surface area contributed by atoms with Gasteiger partial charge in [0.15, 0.2) is 0 Å². The van der Waals surface area contributed by atoms with E-state index in [0.29, 0.717) is 0 Å². The van der Waals surface area contributed by atoms with Crippen LogP contribution >= 0.6 is 11.3 Å². The Balaban J connectivity index is 1.89. The van der Waals surface area contributed by atoms with Crippen molar-refractivity contribution < 1.29 is 4.79 Å². The largest absolute Gasteiger partial charge is 0.359 e. The van der Waals surface area contributed by atoms with Crippen LogP contribution in [0.1, 0.15) is 12.8 Å². The van der Waals surface area contributed by atoms with Gasteiger partial charge in [-0.1, -0.05) is 0 Å². The van der Waals surface area contributed by atoms with Gasteiger partial charge >= 0.3 is 0 Å². The summed E-state index contributed by atoms with van der Waals surface area (Å²) in [5.41, 5.74) is 0.983. The molecule has 19 heavy (non-hydrogen) atoms. The van der Waals surface area contributed by atoms with Crippen molar-refractivity contribution >= 4 is 33.3 Å². The van der Waals surface area contributed by atoms with Gasteiger partial charge < -0.3 is 10.2 Å². The SMILES string of the molecule is CNC(=O)[C@@H]1CCCN(c2ncnc3ccsc23)C1. The van der Waals surface area contributed by atoms with E-state index in [9.17, 15) is 4.79 Å². The van der Waals surface area contributed by atoms with Crippen LogP contribution < -0.4 is 10.2 Å². The summed E-state index contributed by atoms with van der Waals surface area (Å²) in [4.78, 5) is 22.7. The number of amides is 1. The fourth-order valence-electron chi connectivity index (χ4n) is 2.59. The van der Waals surface area contributed by atoms with Gasteiger partial charge in [-0.3, -0.25) is 4.79 Å². The fraction of sp³-hybridized carbons (Fsp3) is 0.462. The van der Waals surface area contributed by atoms with Gasteiger partial charge in [0.25, 0.3) is 0 Å². The topological polar surface area (TPSA) is 58.1 Å². The number of anilines is 1. The highest BCUT2D eigenvalue weighted by Crippen LogP contribution is 2.30. The van der Waals surface area contributed by atoms with Crippen LogP contribution in [0.4, 0.5) is 5.82 Å². The first-order valence-corrected chi connectivity index (χ1v) is 7.32. The van der Waals surface area contributed by atoms with Crippen LogP contribution in [0.25, 0.3) is 10.2 Å². The summed E-state index contributed by atoms with van der Waals surface area (Å²) in [6.45, 7) is 1.70. The van der Waals surface area contributed by atoms with E-state index in [1.807, 2.05) is 11.4 Å². The molecule has 1 saturated heterocycles. The molecule has 0 aliphatic carbocycles. The van der Waals surface area contributed by atoms with E-state index in [2.05, 4.69) is 20.2 Å². The Morgan fingerprint density at radius 2 is 2.42 bits per heavy atom. The molecule has 1 N–H and O–H groups in total. The number of carbonyl (C=O) groups excluding carboxylic acids is 1. The summed E-state index contributed by atoms with van der Waals surface area (Å²) >= 11 is 1.66. The normalized spacial score (nSPS) is 19.6. The van der Waals surface area contributed by atoms with Gasteiger partial charge in [-0.25, -0.2) is 9.97 Å². The average Bonchev–Trinajstić information content (AvgIpc) is 2.94. The molecule has 100 valence electrons. The van der Waals surface area contributed by atoms with Crippen LogP contribution in [0.15, 0.2) is 17.8 Å². The molecule has 0 unspecified atom stereocenters. The first-order chi connectivity index (χ1) is 9.29. The molecule has 1 amide bonds. The van der Waals surface area contributed by atoms with Gasteiger partial charge in [0.05, 0.1) is 16.1 Å². The lowest BCUT2D eigenvalue weighted by Gasteiger charge is -2.32. The van der Waals surface area contributed by atoms with E-state index in [0.717, 1.165) is 42.0 Å². The van der Waals surface area contributed by atoms with E-state index in [4.69, 9.17) is 0 Å². The zero-order valence-electron chi connectivity index (χ0n) is 10.8. The number of aromatic nitrogens is 2. The molecule has 3 rings (SSSR count). The summed E-state index contributed by atoms with van der Waals surface area (Å²) in [6.07, 6.45) is 3.58. The third kappa shape index (κ3) is 2.28. The fourth-order valence-corrected chi connectivity index (χ4v) is 3.45. The zero-order valence-corrected chi connectivity index (χ0v) is 11.6. The lowest BCUT2D eigenvalue weighted by Crippen LogP contribution is -2.42. The molecular formula is C13H16N4OS. The predicted octanol–water partition coefficient (Wildman–Crippen LogP) is 1.65. The number of fused-ring (bicyclic) bond motifs is 1. The summed E-state index contributed by atoms with van der Waals surface area (Å²) < 4.78 is 1.11. The highest BCUT2D eigenvalue weighted by molar-refractivity contribution is 7.17. The van der Waals surface area contributed by atoms with E-state index in [1.54, 1.807) is 24.7 Å². The molecule has 2 aromatic heterocycles. The second-order valence-corrected chi connectivity index (χ2v) is 5.65. The summed E-state index contributed by atoms with van der Waals surface area (Å²) in [5.74, 6) is 1.15. The zero-order chi connectivity index (χ0) is 13.2. The van der Waals surface area contributed by atoms with Crippen molar-refractivity contribution in [2.75, 3.05) is 25.0 Å². The van der Waals surface area contributed by atoms with Gasteiger partial charge in [0, 0.05) is 20.1 Å². The Hall–Kier alpha value is -1.69. The van der Waals surface area contributed by atoms with E-state index < -0.39 is 0 Å². The summed E-state index contributed by atoms with van der Waals surface area (Å²) in [7, 11) is 1.70. The van der Waals surface area contributed by atoms with Crippen LogP contribution in [0.5, 0.6) is 0 Å². The number of rotatable bonds is 2. The number of hydrogen-bond donors (Lipinski definition) is 1. The predicted molar refractivity (Wildman–Crippen MR) is 76.4 cm³/mol. The molecule has 1 atom stereocenters. The second-order valence-electron chi connectivity index (χ2n) is 4.73. The van der Waals surface area contributed by atoms with Gasteiger partial charge in [-0.2, -0.15) is 0 Å². The smallest absolute Gasteiger partial charge is 0.224 e. The second kappa shape index (κ2) is 5.13. The number of carbonyl (C=O) groups is 1. The third-order valence-electron chi connectivity index (χ3n) is 3.56. The summed E-state index contributed by atoms with van der Waals surface area (Å²) in [5, 5.41) is 4.77. The van der Waals surface area contributed by atoms with E-state index in [1.165, 1.54) is 0 Å². The van der Waals surface area contributed by atoms with Crippen molar-refractivity contribution in [2.45, 2.75) is 12.8 Å². The van der Waals surface area contributed by atoms with Crippen molar-refractivity contribution in [3.05, 3.63) is 17.8 Å². The Morgan fingerprint density at radius 1 is 1.53 bits per heavy atom. The Morgan fingerprint density at radius 3 is 3.26 bits per heavy atom.